The maximum Gasteiger partial charge on any atom is 0.139 e. The monoisotopic (exact) mass is 357 g/mol. The van der Waals surface area contributed by atoms with Crippen LogP contribution in [0.25, 0.3) is 21.8 Å². The van der Waals surface area contributed by atoms with Crippen molar-refractivity contribution < 1.29 is 14.2 Å². The van der Waals surface area contributed by atoms with Crippen molar-refractivity contribution in [2.75, 3.05) is 13.2 Å². The van der Waals surface area contributed by atoms with E-state index in [4.69, 9.17) is 14.2 Å². The zero-order valence-corrected chi connectivity index (χ0v) is 14.3. The number of pyridine rings is 1. The Hall–Kier alpha value is -3.56. The van der Waals surface area contributed by atoms with Gasteiger partial charge < -0.3 is 19.2 Å². The van der Waals surface area contributed by atoms with E-state index in [9.17, 15) is 5.26 Å². The molecular weight excluding hydrogens is 342 g/mol. The zero-order valence-electron chi connectivity index (χ0n) is 14.3. The zero-order chi connectivity index (χ0) is 18.2. The minimum absolute atomic E-state index is 0.123. The number of hydrogen-bond acceptors (Lipinski definition) is 5. The van der Waals surface area contributed by atoms with Crippen molar-refractivity contribution in [3.8, 4) is 23.3 Å². The molecule has 1 saturated heterocycles. The summed E-state index contributed by atoms with van der Waals surface area (Å²) in [5, 5.41) is 11.3. The molecule has 1 aliphatic rings. The summed E-state index contributed by atoms with van der Waals surface area (Å²) < 4.78 is 17.0. The molecule has 27 heavy (non-hydrogen) atoms. The Bertz CT molecular complexity index is 1190. The molecule has 0 saturated carbocycles. The molecule has 6 heteroatoms. The lowest BCUT2D eigenvalue weighted by molar-refractivity contribution is 0.262. The van der Waals surface area contributed by atoms with E-state index in [2.05, 4.69) is 16.0 Å². The van der Waals surface area contributed by atoms with Gasteiger partial charge in [-0.3, -0.25) is 4.98 Å². The summed E-state index contributed by atoms with van der Waals surface area (Å²) in [5.74, 6) is 1.88. The molecule has 1 N–H and O–H groups in total. The molecule has 0 spiro atoms. The summed E-state index contributed by atoms with van der Waals surface area (Å²) in [6.07, 6.45) is 3.70. The molecular formula is C21H15N3O3. The van der Waals surface area contributed by atoms with Gasteiger partial charge in [0.15, 0.2) is 0 Å². The lowest BCUT2D eigenvalue weighted by Crippen LogP contribution is -2.05. The Labute approximate surface area is 154 Å². The van der Waals surface area contributed by atoms with Gasteiger partial charge in [-0.1, -0.05) is 0 Å². The van der Waals surface area contributed by atoms with E-state index in [1.54, 1.807) is 24.4 Å². The molecule has 132 valence electrons. The second kappa shape index (κ2) is 6.31. The van der Waals surface area contributed by atoms with Crippen molar-refractivity contribution in [1.29, 1.82) is 5.26 Å². The first kappa shape index (κ1) is 15.7. The van der Waals surface area contributed by atoms with Crippen LogP contribution in [-0.4, -0.2) is 29.3 Å². The van der Waals surface area contributed by atoms with Gasteiger partial charge in [0.2, 0.25) is 0 Å². The van der Waals surface area contributed by atoms with Gasteiger partial charge in [-0.05, 0) is 36.4 Å². The molecule has 2 aromatic heterocycles. The first-order valence-electron chi connectivity index (χ1n) is 8.62. The number of H-pyrrole nitrogens is 1. The molecule has 0 radical (unpaired) electrons. The second-order valence-electron chi connectivity index (χ2n) is 6.38. The topological polar surface area (TPSA) is 83.5 Å². The third kappa shape index (κ3) is 3.05. The van der Waals surface area contributed by atoms with Crippen LogP contribution in [0.4, 0.5) is 0 Å². The molecule has 1 aliphatic heterocycles. The van der Waals surface area contributed by atoms with Crippen molar-refractivity contribution in [1.82, 2.24) is 9.97 Å². The van der Waals surface area contributed by atoms with Crippen LogP contribution >= 0.6 is 0 Å². The van der Waals surface area contributed by atoms with Gasteiger partial charge in [0.05, 0.1) is 17.7 Å². The van der Waals surface area contributed by atoms with Crippen LogP contribution in [0, 0.1) is 11.3 Å². The van der Waals surface area contributed by atoms with Crippen LogP contribution in [0.2, 0.25) is 0 Å². The van der Waals surface area contributed by atoms with Crippen molar-refractivity contribution in [2.45, 2.75) is 6.10 Å². The fourth-order valence-corrected chi connectivity index (χ4v) is 3.01. The van der Waals surface area contributed by atoms with Gasteiger partial charge in [0.25, 0.3) is 0 Å². The number of ether oxygens (including phenoxy) is 3. The number of epoxide rings is 1. The lowest BCUT2D eigenvalue weighted by Gasteiger charge is -2.11. The van der Waals surface area contributed by atoms with Crippen LogP contribution in [0.5, 0.6) is 17.2 Å². The molecule has 6 nitrogen and oxygen atoms in total. The third-order valence-electron chi connectivity index (χ3n) is 4.50. The summed E-state index contributed by atoms with van der Waals surface area (Å²) in [6, 6.07) is 15.4. The third-order valence-corrected chi connectivity index (χ3v) is 4.50. The van der Waals surface area contributed by atoms with Gasteiger partial charge in [-0.2, -0.15) is 5.26 Å². The van der Waals surface area contributed by atoms with Gasteiger partial charge in [0, 0.05) is 34.7 Å². The lowest BCUT2D eigenvalue weighted by atomic mass is 10.1. The van der Waals surface area contributed by atoms with Crippen LogP contribution in [0.1, 0.15) is 5.56 Å². The minimum atomic E-state index is 0.123. The predicted octanol–water partition coefficient (Wildman–Crippen LogP) is 4.16. The van der Waals surface area contributed by atoms with Crippen molar-refractivity contribution in [3.63, 3.8) is 0 Å². The average Bonchev–Trinajstić information content (AvgIpc) is 3.41. The molecule has 1 atom stereocenters. The summed E-state index contributed by atoms with van der Waals surface area (Å²) in [6.45, 7) is 1.14. The average molecular weight is 357 g/mol. The van der Waals surface area contributed by atoms with Crippen molar-refractivity contribution >= 4 is 21.8 Å². The van der Waals surface area contributed by atoms with E-state index in [1.165, 1.54) is 0 Å². The summed E-state index contributed by atoms with van der Waals surface area (Å²) in [5.41, 5.74) is 2.21. The molecule has 0 bridgehead atoms. The highest BCUT2D eigenvalue weighted by Crippen LogP contribution is 2.34. The molecule has 5 rings (SSSR count). The SMILES string of the molecule is N#Cc1cc2c(Oc3ccc4[nH]ccc4c3)ccnc2cc1OC[C@H]1CO1. The Morgan fingerprint density at radius 3 is 2.96 bits per heavy atom. The van der Waals surface area contributed by atoms with Crippen LogP contribution in [-0.2, 0) is 4.74 Å². The normalized spacial score (nSPS) is 15.6. The number of nitriles is 1. The molecule has 0 aliphatic carbocycles. The number of nitrogens with one attached hydrogen (secondary N) is 1. The Balaban J connectivity index is 1.52. The van der Waals surface area contributed by atoms with E-state index in [0.717, 1.165) is 22.0 Å². The first-order chi connectivity index (χ1) is 13.3. The second-order valence-corrected chi connectivity index (χ2v) is 6.38. The van der Waals surface area contributed by atoms with E-state index >= 15 is 0 Å². The largest absolute Gasteiger partial charge is 0.489 e. The Morgan fingerprint density at radius 2 is 2.11 bits per heavy atom. The smallest absolute Gasteiger partial charge is 0.139 e. The van der Waals surface area contributed by atoms with E-state index < -0.39 is 0 Å². The Morgan fingerprint density at radius 1 is 1.19 bits per heavy atom. The first-order valence-corrected chi connectivity index (χ1v) is 8.62. The maximum atomic E-state index is 9.51. The van der Waals surface area contributed by atoms with Gasteiger partial charge >= 0.3 is 0 Å². The molecule has 1 fully saturated rings. The maximum absolute atomic E-state index is 9.51. The van der Waals surface area contributed by atoms with Crippen LogP contribution in [0.15, 0.2) is 54.9 Å². The van der Waals surface area contributed by atoms with Gasteiger partial charge in [-0.15, -0.1) is 0 Å². The fourth-order valence-electron chi connectivity index (χ4n) is 3.01. The molecule has 2 aromatic carbocycles. The molecule has 4 aromatic rings. The molecule has 0 unspecified atom stereocenters. The number of hydrogen-bond donors (Lipinski definition) is 1. The van der Waals surface area contributed by atoms with E-state index in [-0.39, 0.29) is 6.10 Å². The van der Waals surface area contributed by atoms with Crippen LogP contribution < -0.4 is 9.47 Å². The number of benzene rings is 2. The number of rotatable bonds is 5. The molecule has 3 heterocycles. The quantitative estimate of drug-likeness (QED) is 0.542. The summed E-state index contributed by atoms with van der Waals surface area (Å²) >= 11 is 0. The van der Waals surface area contributed by atoms with E-state index in [0.29, 0.717) is 35.8 Å². The Kier molecular flexibility index (Phi) is 3.66. The number of fused-ring (bicyclic) bond motifs is 2. The van der Waals surface area contributed by atoms with Gasteiger partial charge in [0.1, 0.15) is 36.0 Å². The van der Waals surface area contributed by atoms with Crippen molar-refractivity contribution in [2.24, 2.45) is 0 Å². The minimum Gasteiger partial charge on any atom is -0.489 e. The standard InChI is InChI=1S/C21H15N3O3/c22-10-14-8-17-19(9-21(14)26-12-16-11-25-16)24-6-4-20(17)27-15-1-2-18-13(7-15)3-5-23-18/h1-9,16,23H,11-12H2/t16-/m1/s1. The van der Waals surface area contributed by atoms with Crippen LogP contribution in [0.3, 0.4) is 0 Å². The van der Waals surface area contributed by atoms with Gasteiger partial charge in [-0.25, -0.2) is 0 Å². The number of aromatic nitrogens is 2. The summed E-state index contributed by atoms with van der Waals surface area (Å²) in [4.78, 5) is 7.56. The fraction of sp³-hybridized carbons (Fsp3) is 0.143. The highest BCUT2D eigenvalue weighted by molar-refractivity contribution is 5.88. The number of nitrogens with zero attached hydrogens (tertiary/aromatic N) is 2. The molecule has 0 amide bonds. The highest BCUT2D eigenvalue weighted by atomic mass is 16.6. The highest BCUT2D eigenvalue weighted by Gasteiger charge is 2.24. The number of aromatic amines is 1. The van der Waals surface area contributed by atoms with Crippen molar-refractivity contribution in [3.05, 3.63) is 60.4 Å². The van der Waals surface area contributed by atoms with E-state index in [1.807, 2.05) is 30.5 Å². The summed E-state index contributed by atoms with van der Waals surface area (Å²) in [7, 11) is 0. The predicted molar refractivity (Wildman–Crippen MR) is 100 cm³/mol.